The second-order valence-electron chi connectivity index (χ2n) is 5.54. The van der Waals surface area contributed by atoms with E-state index in [2.05, 4.69) is 15.2 Å². The quantitative estimate of drug-likeness (QED) is 0.767. The molecule has 4 nitrogen and oxygen atoms in total. The minimum absolute atomic E-state index is 0. The lowest BCUT2D eigenvalue weighted by Crippen LogP contribution is -2.30. The van der Waals surface area contributed by atoms with Crippen LogP contribution in [-0.2, 0) is 4.79 Å². The van der Waals surface area contributed by atoms with Crippen molar-refractivity contribution in [2.45, 2.75) is 6.42 Å². The Hall–Kier alpha value is -1.40. The average molecular weight is 415 g/mol. The van der Waals surface area contributed by atoms with Crippen molar-refractivity contribution in [1.29, 1.82) is 0 Å². The number of carbonyl (C=O) groups excluding carboxylic acids is 1. The highest BCUT2D eigenvalue weighted by molar-refractivity contribution is 8.18. The molecule has 0 bridgehead atoms. The van der Waals surface area contributed by atoms with Crippen LogP contribution >= 0.6 is 47.4 Å². The number of thioether (sulfide) groups is 1. The molecule has 4 rings (SSSR count). The zero-order valence-corrected chi connectivity index (χ0v) is 16.1. The van der Waals surface area contributed by atoms with Crippen LogP contribution in [0.2, 0.25) is 10.0 Å². The largest absolute Gasteiger partial charge is 0.321 e. The van der Waals surface area contributed by atoms with E-state index in [4.69, 9.17) is 23.2 Å². The van der Waals surface area contributed by atoms with Gasteiger partial charge in [0.2, 0.25) is 0 Å². The molecule has 2 aliphatic heterocycles. The Morgan fingerprint density at radius 3 is 2.60 bits per heavy atom. The molecular weight excluding hydrogens is 401 g/mol. The van der Waals surface area contributed by atoms with E-state index in [1.54, 1.807) is 18.2 Å². The number of rotatable bonds is 3. The molecule has 0 unspecified atom stereocenters. The third kappa shape index (κ3) is 3.60. The summed E-state index contributed by atoms with van der Waals surface area (Å²) in [5.74, 6) is -0.174. The molecule has 0 saturated heterocycles. The van der Waals surface area contributed by atoms with E-state index in [9.17, 15) is 4.79 Å². The molecule has 1 aromatic rings. The van der Waals surface area contributed by atoms with Crippen LogP contribution in [0.1, 0.15) is 6.42 Å². The minimum Gasteiger partial charge on any atom is -0.321 e. The first-order valence-electron chi connectivity index (χ1n) is 7.52. The van der Waals surface area contributed by atoms with Gasteiger partial charge in [0, 0.05) is 28.8 Å². The van der Waals surface area contributed by atoms with Gasteiger partial charge in [0.25, 0.3) is 5.91 Å². The fourth-order valence-electron chi connectivity index (χ4n) is 2.75. The lowest BCUT2D eigenvalue weighted by atomic mass is 10.0. The summed E-state index contributed by atoms with van der Waals surface area (Å²) in [6, 6.07) is 4.99. The summed E-state index contributed by atoms with van der Waals surface area (Å²) in [5.41, 5.74) is 2.57. The van der Waals surface area contributed by atoms with Gasteiger partial charge in [-0.15, -0.1) is 12.4 Å². The normalized spacial score (nSPS) is 18.1. The van der Waals surface area contributed by atoms with E-state index >= 15 is 0 Å². The number of fused-ring (bicyclic) bond motifs is 1. The maximum atomic E-state index is 12.8. The topological polar surface area (TPSA) is 44.7 Å². The van der Waals surface area contributed by atoms with Crippen molar-refractivity contribution in [2.75, 3.05) is 18.4 Å². The van der Waals surface area contributed by atoms with Gasteiger partial charge in [0.05, 0.1) is 5.70 Å². The smallest absolute Gasteiger partial charge is 0.264 e. The highest BCUT2D eigenvalue weighted by Gasteiger charge is 2.36. The highest BCUT2D eigenvalue weighted by atomic mass is 35.5. The zero-order chi connectivity index (χ0) is 16.7. The van der Waals surface area contributed by atoms with Gasteiger partial charge in [0.15, 0.2) is 5.17 Å². The Kier molecular flexibility index (Phi) is 5.49. The Bertz CT molecular complexity index is 840. The number of halogens is 3. The average Bonchev–Trinajstić information content (AvgIpc) is 2.84. The minimum atomic E-state index is -0.174. The Balaban J connectivity index is 0.00000182. The van der Waals surface area contributed by atoms with Crippen LogP contribution in [0.25, 0.3) is 0 Å². The number of amidine groups is 1. The Morgan fingerprint density at radius 2 is 1.96 bits per heavy atom. The molecule has 0 aromatic heterocycles. The third-order valence-corrected chi connectivity index (χ3v) is 5.40. The summed E-state index contributed by atoms with van der Waals surface area (Å²) in [6.07, 6.45) is 6.98. The van der Waals surface area contributed by atoms with Crippen LogP contribution in [0.3, 0.4) is 0 Å². The van der Waals surface area contributed by atoms with Gasteiger partial charge < -0.3 is 10.2 Å². The molecule has 0 atom stereocenters. The van der Waals surface area contributed by atoms with Crippen LogP contribution in [0.5, 0.6) is 0 Å². The first-order chi connectivity index (χ1) is 11.6. The standard InChI is InChI=1S/C17H13Cl2N3OS.ClH/c18-11-7-12(19)9-13(8-11)21-16(23)15-14(10-3-1-4-10)22-6-2-5-20-17(22)24-15;/h1,3-4,7-9H,2,5-6H2,(H,21,23);1H. The number of amides is 1. The van der Waals surface area contributed by atoms with Crippen LogP contribution in [0.15, 0.2) is 57.6 Å². The van der Waals surface area contributed by atoms with E-state index in [1.165, 1.54) is 11.8 Å². The first kappa shape index (κ1) is 18.4. The van der Waals surface area contributed by atoms with E-state index in [0.29, 0.717) is 20.6 Å². The lowest BCUT2D eigenvalue weighted by molar-refractivity contribution is -0.112. The summed E-state index contributed by atoms with van der Waals surface area (Å²) in [7, 11) is 0. The van der Waals surface area contributed by atoms with Crippen LogP contribution in [-0.4, -0.2) is 29.1 Å². The number of benzene rings is 1. The van der Waals surface area contributed by atoms with Gasteiger partial charge >= 0.3 is 0 Å². The van der Waals surface area contributed by atoms with Crippen molar-refractivity contribution in [1.82, 2.24) is 4.90 Å². The second-order valence-corrected chi connectivity index (χ2v) is 7.39. The van der Waals surface area contributed by atoms with Crippen LogP contribution in [0, 0.1) is 0 Å². The maximum absolute atomic E-state index is 12.8. The first-order valence-corrected chi connectivity index (χ1v) is 9.09. The number of nitrogens with one attached hydrogen (secondary N) is 1. The molecule has 0 fully saturated rings. The van der Waals surface area contributed by atoms with Crippen molar-refractivity contribution in [3.8, 4) is 0 Å². The van der Waals surface area contributed by atoms with Gasteiger partial charge in [-0.25, -0.2) is 0 Å². The van der Waals surface area contributed by atoms with Gasteiger partial charge in [0.1, 0.15) is 4.91 Å². The lowest BCUT2D eigenvalue weighted by Gasteiger charge is -2.26. The number of carbonyl (C=O) groups is 1. The molecule has 1 aromatic carbocycles. The predicted octanol–water partition coefficient (Wildman–Crippen LogP) is 4.87. The number of nitrogens with zero attached hydrogens (tertiary/aromatic N) is 2. The maximum Gasteiger partial charge on any atom is 0.264 e. The van der Waals surface area contributed by atoms with Crippen molar-refractivity contribution in [2.24, 2.45) is 4.99 Å². The molecule has 25 heavy (non-hydrogen) atoms. The van der Waals surface area contributed by atoms with Crippen molar-refractivity contribution < 1.29 is 4.79 Å². The molecule has 130 valence electrons. The van der Waals surface area contributed by atoms with Gasteiger partial charge in [-0.3, -0.25) is 9.79 Å². The Morgan fingerprint density at radius 1 is 1.24 bits per heavy atom. The van der Waals surface area contributed by atoms with Crippen LogP contribution < -0.4 is 5.32 Å². The van der Waals surface area contributed by atoms with Crippen molar-refractivity contribution in [3.05, 3.63) is 62.6 Å². The number of hydrogen-bond donors (Lipinski definition) is 1. The molecule has 1 amide bonds. The van der Waals surface area contributed by atoms with E-state index < -0.39 is 0 Å². The summed E-state index contributed by atoms with van der Waals surface area (Å²) < 4.78 is 0. The van der Waals surface area contributed by atoms with E-state index in [-0.39, 0.29) is 18.3 Å². The number of anilines is 1. The summed E-state index contributed by atoms with van der Waals surface area (Å²) in [5, 5.41) is 4.75. The second kappa shape index (κ2) is 7.46. The molecule has 0 spiro atoms. The molecule has 0 saturated carbocycles. The number of allylic oxidation sites excluding steroid dienone is 3. The molecule has 1 aliphatic carbocycles. The number of hydrogen-bond acceptors (Lipinski definition) is 4. The predicted molar refractivity (Wildman–Crippen MR) is 108 cm³/mol. The zero-order valence-electron chi connectivity index (χ0n) is 13.0. The molecule has 2 heterocycles. The molecular formula is C17H14Cl3N3OS. The molecule has 1 N–H and O–H groups in total. The molecule has 0 radical (unpaired) electrons. The molecule has 3 aliphatic rings. The summed E-state index contributed by atoms with van der Waals surface area (Å²) in [4.78, 5) is 20.2. The number of aliphatic imine (C=N–C) groups is 1. The fourth-order valence-corrected chi connectivity index (χ4v) is 4.37. The van der Waals surface area contributed by atoms with Crippen molar-refractivity contribution >= 4 is 64.1 Å². The van der Waals surface area contributed by atoms with Gasteiger partial charge in [-0.2, -0.15) is 0 Å². The van der Waals surface area contributed by atoms with Crippen molar-refractivity contribution in [3.63, 3.8) is 0 Å². The van der Waals surface area contributed by atoms with E-state index in [1.807, 2.05) is 18.2 Å². The third-order valence-electron chi connectivity index (χ3n) is 3.85. The summed E-state index contributed by atoms with van der Waals surface area (Å²) >= 11 is 13.4. The highest BCUT2D eigenvalue weighted by Crippen LogP contribution is 2.41. The Labute approximate surface area is 166 Å². The summed E-state index contributed by atoms with van der Waals surface area (Å²) in [6.45, 7) is 1.69. The van der Waals surface area contributed by atoms with Crippen LogP contribution in [0.4, 0.5) is 5.69 Å². The van der Waals surface area contributed by atoms with Gasteiger partial charge in [-0.1, -0.05) is 41.4 Å². The SMILES string of the molecule is Cl.O=C(Nc1cc(Cl)cc(Cl)c1)C1=C(C2=CC=C2)N2CCCN=C2S1. The molecule has 8 heteroatoms. The van der Waals surface area contributed by atoms with Gasteiger partial charge in [-0.05, 0) is 42.0 Å². The fraction of sp³-hybridized carbons (Fsp3) is 0.176. The van der Waals surface area contributed by atoms with E-state index in [0.717, 1.165) is 35.9 Å². The monoisotopic (exact) mass is 413 g/mol.